The minimum absolute atomic E-state index is 0.122. The lowest BCUT2D eigenvalue weighted by molar-refractivity contribution is -0.118. The number of fused-ring (bicyclic) bond motifs is 1. The average molecular weight is 884 g/mol. The first-order chi connectivity index (χ1) is 31.0. The Balaban J connectivity index is 0.882. The van der Waals surface area contributed by atoms with Crippen molar-refractivity contribution in [2.45, 2.75) is 83.7 Å². The predicted molar refractivity (Wildman–Crippen MR) is 249 cm³/mol. The maximum atomic E-state index is 16.4. The van der Waals surface area contributed by atoms with E-state index in [-0.39, 0.29) is 18.0 Å². The summed E-state index contributed by atoms with van der Waals surface area (Å²) in [6.45, 7) is 12.1. The quantitative estimate of drug-likeness (QED) is 0.0633. The Morgan fingerprint density at radius 1 is 0.891 bits per heavy atom. The van der Waals surface area contributed by atoms with Crippen molar-refractivity contribution >= 4 is 46.6 Å². The Morgan fingerprint density at radius 2 is 1.56 bits per heavy atom. The highest BCUT2D eigenvalue weighted by Crippen LogP contribution is 2.49. The van der Waals surface area contributed by atoms with Crippen molar-refractivity contribution in [3.63, 3.8) is 0 Å². The molecule has 3 N–H and O–H groups in total. The third-order valence-electron chi connectivity index (χ3n) is 14.7. The molecule has 1 unspecified atom stereocenters. The van der Waals surface area contributed by atoms with E-state index in [9.17, 15) is 23.9 Å². The van der Waals surface area contributed by atoms with Crippen molar-refractivity contribution < 1.29 is 33.0 Å². The monoisotopic (exact) mass is 884 g/mol. The first-order valence-electron chi connectivity index (χ1n) is 23.3. The van der Waals surface area contributed by atoms with E-state index in [1.54, 1.807) is 31.2 Å². The van der Waals surface area contributed by atoms with E-state index in [2.05, 4.69) is 48.2 Å². The molecular weight excluding hydrogens is 817 g/mol. The van der Waals surface area contributed by atoms with Crippen LogP contribution in [0.25, 0.3) is 10.9 Å². The van der Waals surface area contributed by atoms with Crippen LogP contribution >= 0.6 is 0 Å². The molecular formula is C50H67F2N7O5. The van der Waals surface area contributed by atoms with Crippen LogP contribution in [0.4, 0.5) is 25.8 Å². The molecule has 0 bridgehead atoms. The minimum Gasteiger partial charge on any atom is -0.503 e. The van der Waals surface area contributed by atoms with Gasteiger partial charge in [-0.25, -0.2) is 8.78 Å². The molecule has 3 aromatic carbocycles. The molecule has 1 aliphatic carbocycles. The molecule has 1 atom stereocenters. The van der Waals surface area contributed by atoms with Gasteiger partial charge in [0.1, 0.15) is 17.9 Å². The number of nitrogens with zero attached hydrogens (tertiary/aromatic N) is 5. The number of halogens is 2. The van der Waals surface area contributed by atoms with Gasteiger partial charge in [-0.2, -0.15) is 0 Å². The second kappa shape index (κ2) is 21.2. The Morgan fingerprint density at radius 3 is 2.19 bits per heavy atom. The second-order valence-corrected chi connectivity index (χ2v) is 18.3. The molecule has 2 aliphatic heterocycles. The molecule has 0 radical (unpaired) electrons. The normalized spacial score (nSPS) is 19.6. The Labute approximate surface area is 376 Å². The first-order valence-corrected chi connectivity index (χ1v) is 23.3. The highest BCUT2D eigenvalue weighted by atomic mass is 19.1. The number of ether oxygens (including phenoxy) is 1. The first kappa shape index (κ1) is 46.8. The number of aromatic nitrogens is 1. The third kappa shape index (κ3) is 10.3. The predicted octanol–water partition coefficient (Wildman–Crippen LogP) is 8.16. The number of methoxy groups -OCH3 is 1. The van der Waals surface area contributed by atoms with Gasteiger partial charge in [0.25, 0.3) is 0 Å². The molecule has 64 heavy (non-hydrogen) atoms. The number of phenols is 1. The Hall–Kier alpha value is -5.21. The largest absolute Gasteiger partial charge is 0.503 e. The van der Waals surface area contributed by atoms with Gasteiger partial charge in [-0.15, -0.1) is 0 Å². The molecule has 3 heterocycles. The molecule has 2 saturated heterocycles. The third-order valence-corrected chi connectivity index (χ3v) is 14.7. The maximum Gasteiger partial charge on any atom is 0.226 e. The number of rotatable bonds is 19. The van der Waals surface area contributed by atoms with E-state index in [4.69, 9.17) is 4.74 Å². The summed E-state index contributed by atoms with van der Waals surface area (Å²) in [5.74, 6) is -0.126. The smallest absolute Gasteiger partial charge is 0.226 e. The summed E-state index contributed by atoms with van der Waals surface area (Å²) in [5, 5.41) is 17.3. The highest BCUT2D eigenvalue weighted by molar-refractivity contribution is 5.94. The summed E-state index contributed by atoms with van der Waals surface area (Å²) in [6, 6.07) is 15.4. The van der Waals surface area contributed by atoms with Gasteiger partial charge in [0.15, 0.2) is 11.6 Å². The molecule has 14 heteroatoms. The number of phenolic OH excluding ortho intramolecular Hbond substituents is 1. The van der Waals surface area contributed by atoms with Crippen molar-refractivity contribution in [1.82, 2.24) is 19.7 Å². The fraction of sp³-hybridized carbons (Fsp3) is 0.540. The number of piperazine rings is 1. The van der Waals surface area contributed by atoms with Crippen LogP contribution in [-0.2, 0) is 14.4 Å². The SMILES string of the molecule is CCC(C=O)(CC)C(c1cc(F)c(N2CCC(CN3CCN(CC4CCC(n5ccc6cc(NC(=O)CCNC=O)ccc65)CC4)CC3)CC2)cc1OC)N(C)c1cccc(F)c1O. The molecule has 12 nitrogen and oxygen atoms in total. The Bertz CT molecular complexity index is 2210. The van der Waals surface area contributed by atoms with Gasteiger partial charge >= 0.3 is 0 Å². The molecule has 346 valence electrons. The molecule has 1 saturated carbocycles. The van der Waals surface area contributed by atoms with Gasteiger partial charge < -0.3 is 49.4 Å². The second-order valence-electron chi connectivity index (χ2n) is 18.3. The number of amides is 2. The fourth-order valence-electron chi connectivity index (χ4n) is 10.8. The van der Waals surface area contributed by atoms with E-state index in [1.807, 2.05) is 26.0 Å². The summed E-state index contributed by atoms with van der Waals surface area (Å²) < 4.78 is 39.2. The molecule has 0 spiro atoms. The van der Waals surface area contributed by atoms with Gasteiger partial charge in [0.2, 0.25) is 12.3 Å². The van der Waals surface area contributed by atoms with Crippen LogP contribution in [0.3, 0.4) is 0 Å². The van der Waals surface area contributed by atoms with Gasteiger partial charge in [0, 0.05) is 113 Å². The van der Waals surface area contributed by atoms with E-state index in [0.717, 1.165) is 95.4 Å². The zero-order chi connectivity index (χ0) is 45.4. The number of benzene rings is 3. The summed E-state index contributed by atoms with van der Waals surface area (Å²) >= 11 is 0. The van der Waals surface area contributed by atoms with Crippen LogP contribution in [0.5, 0.6) is 11.5 Å². The fourth-order valence-corrected chi connectivity index (χ4v) is 10.8. The molecule has 7 rings (SSSR count). The van der Waals surface area contributed by atoms with E-state index in [0.29, 0.717) is 60.7 Å². The summed E-state index contributed by atoms with van der Waals surface area (Å²) in [4.78, 5) is 44.6. The van der Waals surface area contributed by atoms with Crippen molar-refractivity contribution in [3.05, 3.63) is 78.0 Å². The standard InChI is InChI=1S/C50H67F2N7O5/c1-5-50(6-2,33-60)49(55(3)44-9-7-8-41(51)48(44)63)40-29-42(52)45(30-46(40)64-4)58-21-17-36(18-22-58)32-57-26-24-56(25-27-57)31-35-10-13-39(14-11-35)59-23-19-37-28-38(12-15-43(37)59)54-47(62)16-20-53-34-61/h7-9,12,15,19,23,28-30,33-36,39,49,63H,5-6,10-11,13-14,16-18,20-22,24-27,31-32H2,1-4H3,(H,53,61)(H,54,62). The van der Waals surface area contributed by atoms with Crippen molar-refractivity contribution in [3.8, 4) is 11.5 Å². The average Bonchev–Trinajstić information content (AvgIpc) is 3.73. The van der Waals surface area contributed by atoms with Gasteiger partial charge in [-0.1, -0.05) is 19.9 Å². The maximum absolute atomic E-state index is 16.4. The van der Waals surface area contributed by atoms with Crippen LogP contribution in [0.1, 0.15) is 89.3 Å². The highest BCUT2D eigenvalue weighted by Gasteiger charge is 2.42. The van der Waals surface area contributed by atoms with Crippen molar-refractivity contribution in [1.29, 1.82) is 0 Å². The summed E-state index contributed by atoms with van der Waals surface area (Å²) in [5.41, 5.74) is 2.15. The van der Waals surface area contributed by atoms with E-state index >= 15 is 4.39 Å². The molecule has 3 aliphatic rings. The molecule has 1 aromatic heterocycles. The Kier molecular flexibility index (Phi) is 15.5. The van der Waals surface area contributed by atoms with Crippen molar-refractivity contribution in [2.24, 2.45) is 17.3 Å². The lowest BCUT2D eigenvalue weighted by atomic mass is 9.72. The van der Waals surface area contributed by atoms with Crippen LogP contribution in [0.15, 0.2) is 60.8 Å². The molecule has 4 aromatic rings. The zero-order valence-electron chi connectivity index (χ0n) is 38.0. The van der Waals surface area contributed by atoms with Gasteiger partial charge in [0.05, 0.1) is 29.9 Å². The lowest BCUT2D eigenvalue weighted by Crippen LogP contribution is -2.50. The number of para-hydroxylation sites is 1. The van der Waals surface area contributed by atoms with Crippen LogP contribution in [0.2, 0.25) is 0 Å². The number of piperidine rings is 1. The van der Waals surface area contributed by atoms with Crippen LogP contribution < -0.4 is 25.2 Å². The number of anilines is 3. The van der Waals surface area contributed by atoms with Gasteiger partial charge in [-0.05, 0) is 106 Å². The number of carbonyl (C=O) groups is 3. The lowest BCUT2D eigenvalue weighted by Gasteiger charge is -2.43. The van der Waals surface area contributed by atoms with Crippen LogP contribution in [0, 0.1) is 28.9 Å². The summed E-state index contributed by atoms with van der Waals surface area (Å²) in [6.07, 6.45) is 11.5. The van der Waals surface area contributed by atoms with Gasteiger partial charge in [-0.3, -0.25) is 9.59 Å². The molecule has 2 amide bonds. The zero-order valence-corrected chi connectivity index (χ0v) is 38.0. The number of carbonyl (C=O) groups excluding carboxylic acids is 3. The van der Waals surface area contributed by atoms with Crippen molar-refractivity contribution in [2.75, 3.05) is 88.2 Å². The number of hydrogen-bond acceptors (Lipinski definition) is 9. The number of aldehydes is 1. The van der Waals surface area contributed by atoms with E-state index in [1.165, 1.54) is 36.6 Å². The van der Waals surface area contributed by atoms with E-state index < -0.39 is 28.8 Å². The number of hydrogen-bond donors (Lipinski definition) is 3. The minimum atomic E-state index is -0.965. The summed E-state index contributed by atoms with van der Waals surface area (Å²) in [7, 11) is 3.24. The van der Waals surface area contributed by atoms with Crippen LogP contribution in [-0.4, -0.2) is 111 Å². The number of aromatic hydroxyl groups is 1. The topological polar surface area (TPSA) is 123 Å². The molecule has 3 fully saturated rings. The number of nitrogens with one attached hydrogen (secondary N) is 2.